The Morgan fingerprint density at radius 2 is 1.79 bits per heavy atom. The molecule has 1 saturated heterocycles. The summed E-state index contributed by atoms with van der Waals surface area (Å²) in [5.74, 6) is 0.814. The van der Waals surface area contributed by atoms with Gasteiger partial charge in [-0.05, 0) is 24.3 Å². The minimum absolute atomic E-state index is 0.814. The fourth-order valence-corrected chi connectivity index (χ4v) is 3.33. The van der Waals surface area contributed by atoms with Crippen molar-refractivity contribution in [2.45, 2.75) is 0 Å². The highest BCUT2D eigenvalue weighted by Gasteiger charge is 2.19. The number of rotatable bonds is 7. The fraction of sp³-hybridized carbons (Fsp3) is 0.211. The first-order valence-electron chi connectivity index (χ1n) is 7.99. The number of anilines is 1. The molecule has 124 valence electrons. The fourth-order valence-electron chi connectivity index (χ4n) is 2.62. The molecule has 0 bridgehead atoms. The molecule has 5 heteroatoms. The van der Waals surface area contributed by atoms with Gasteiger partial charge in [-0.25, -0.2) is 10.4 Å². The third-order valence-corrected chi connectivity index (χ3v) is 4.59. The summed E-state index contributed by atoms with van der Waals surface area (Å²) < 4.78 is 0. The van der Waals surface area contributed by atoms with Crippen LogP contribution in [0.25, 0.3) is 5.70 Å². The van der Waals surface area contributed by atoms with Crippen molar-refractivity contribution in [2.24, 2.45) is 4.99 Å². The minimum atomic E-state index is 0.814. The highest BCUT2D eigenvalue weighted by Crippen LogP contribution is 2.19. The minimum Gasteiger partial charge on any atom is -0.356 e. The second-order valence-electron chi connectivity index (χ2n) is 5.50. The van der Waals surface area contributed by atoms with E-state index in [0.29, 0.717) is 0 Å². The lowest BCUT2D eigenvalue weighted by atomic mass is 10.2. The molecule has 0 amide bonds. The summed E-state index contributed by atoms with van der Waals surface area (Å²) in [7, 11) is 0. The van der Waals surface area contributed by atoms with Crippen molar-refractivity contribution in [3.8, 4) is 0 Å². The number of para-hydroxylation sites is 1. The Kier molecular flexibility index (Phi) is 6.07. The third kappa shape index (κ3) is 4.47. The van der Waals surface area contributed by atoms with Crippen molar-refractivity contribution < 1.29 is 0 Å². The zero-order valence-corrected chi connectivity index (χ0v) is 14.5. The molecule has 0 spiro atoms. The normalized spacial score (nSPS) is 15.7. The summed E-state index contributed by atoms with van der Waals surface area (Å²) in [5.41, 5.74) is 6.74. The van der Waals surface area contributed by atoms with Gasteiger partial charge in [0.05, 0.1) is 18.2 Å². The van der Waals surface area contributed by atoms with Gasteiger partial charge in [0.2, 0.25) is 0 Å². The van der Waals surface area contributed by atoms with E-state index in [-0.39, 0.29) is 0 Å². The number of nitrogens with one attached hydrogen (secondary N) is 1. The lowest BCUT2D eigenvalue weighted by Crippen LogP contribution is -2.37. The molecule has 0 atom stereocenters. The van der Waals surface area contributed by atoms with Gasteiger partial charge in [0, 0.05) is 24.3 Å². The van der Waals surface area contributed by atoms with Gasteiger partial charge in [-0.3, -0.25) is 4.99 Å². The van der Waals surface area contributed by atoms with Crippen LogP contribution in [0.1, 0.15) is 5.56 Å². The SMILES string of the molecule is C=N/C(=C\SCNN1CCN(c2ccccc2)C1)c1ccccc1. The highest BCUT2D eigenvalue weighted by atomic mass is 32.2. The summed E-state index contributed by atoms with van der Waals surface area (Å²) in [5, 5.41) is 4.30. The van der Waals surface area contributed by atoms with Crippen LogP contribution in [0.3, 0.4) is 0 Å². The average Bonchev–Trinajstić information content (AvgIpc) is 3.12. The summed E-state index contributed by atoms with van der Waals surface area (Å²) in [6, 6.07) is 20.7. The van der Waals surface area contributed by atoms with Gasteiger partial charge in [0.15, 0.2) is 0 Å². The van der Waals surface area contributed by atoms with Crippen LogP contribution in [0.4, 0.5) is 5.69 Å². The van der Waals surface area contributed by atoms with E-state index in [9.17, 15) is 0 Å². The topological polar surface area (TPSA) is 30.9 Å². The van der Waals surface area contributed by atoms with Crippen LogP contribution in [-0.2, 0) is 0 Å². The number of benzene rings is 2. The molecule has 24 heavy (non-hydrogen) atoms. The Bertz CT molecular complexity index is 672. The first-order chi connectivity index (χ1) is 11.9. The van der Waals surface area contributed by atoms with Gasteiger partial charge < -0.3 is 4.90 Å². The number of aliphatic imine (C=N–C) groups is 1. The summed E-state index contributed by atoms with van der Waals surface area (Å²) >= 11 is 1.70. The van der Waals surface area contributed by atoms with Crippen molar-refractivity contribution >= 4 is 29.9 Å². The molecule has 1 N–H and O–H groups in total. The number of nitrogens with zero attached hydrogens (tertiary/aromatic N) is 3. The quantitative estimate of drug-likeness (QED) is 0.474. The van der Waals surface area contributed by atoms with Crippen molar-refractivity contribution in [1.29, 1.82) is 0 Å². The zero-order chi connectivity index (χ0) is 16.6. The lowest BCUT2D eigenvalue weighted by Gasteiger charge is -2.20. The van der Waals surface area contributed by atoms with Gasteiger partial charge in [0.25, 0.3) is 0 Å². The smallest absolute Gasteiger partial charge is 0.0840 e. The van der Waals surface area contributed by atoms with E-state index < -0.39 is 0 Å². The monoisotopic (exact) mass is 338 g/mol. The molecule has 0 radical (unpaired) electrons. The Balaban J connectivity index is 1.45. The first kappa shape index (κ1) is 16.8. The molecule has 4 nitrogen and oxygen atoms in total. The molecule has 0 unspecified atom stereocenters. The van der Waals surface area contributed by atoms with Crippen molar-refractivity contribution in [1.82, 2.24) is 10.4 Å². The number of hydrogen-bond donors (Lipinski definition) is 1. The molecular weight excluding hydrogens is 316 g/mol. The molecule has 1 aliphatic heterocycles. The van der Waals surface area contributed by atoms with Gasteiger partial charge in [0.1, 0.15) is 0 Å². The molecule has 2 aromatic rings. The maximum absolute atomic E-state index is 4.12. The second kappa shape index (κ2) is 8.68. The molecule has 1 fully saturated rings. The van der Waals surface area contributed by atoms with E-state index in [1.807, 2.05) is 30.3 Å². The molecular formula is C19H22N4S. The molecule has 0 aliphatic carbocycles. The Morgan fingerprint density at radius 3 is 2.50 bits per heavy atom. The van der Waals surface area contributed by atoms with Crippen LogP contribution in [-0.4, -0.2) is 37.4 Å². The van der Waals surface area contributed by atoms with Crippen molar-refractivity contribution in [3.05, 3.63) is 71.6 Å². The molecule has 1 heterocycles. The predicted octanol–water partition coefficient (Wildman–Crippen LogP) is 3.66. The van der Waals surface area contributed by atoms with Gasteiger partial charge in [-0.2, -0.15) is 0 Å². The van der Waals surface area contributed by atoms with E-state index in [4.69, 9.17) is 0 Å². The van der Waals surface area contributed by atoms with Crippen LogP contribution < -0.4 is 10.3 Å². The highest BCUT2D eigenvalue weighted by molar-refractivity contribution is 8.02. The molecule has 0 saturated carbocycles. The lowest BCUT2D eigenvalue weighted by molar-refractivity contribution is 0.259. The van der Waals surface area contributed by atoms with Crippen molar-refractivity contribution in [2.75, 3.05) is 30.5 Å². The van der Waals surface area contributed by atoms with Crippen LogP contribution in [0.2, 0.25) is 0 Å². The molecule has 1 aliphatic rings. The zero-order valence-electron chi connectivity index (χ0n) is 13.6. The Labute approximate surface area is 147 Å². The Morgan fingerprint density at radius 1 is 1.08 bits per heavy atom. The summed E-state index contributed by atoms with van der Waals surface area (Å²) in [6.07, 6.45) is 0. The van der Waals surface area contributed by atoms with Gasteiger partial charge in [-0.15, -0.1) is 11.8 Å². The van der Waals surface area contributed by atoms with E-state index in [1.54, 1.807) is 11.8 Å². The maximum atomic E-state index is 4.12. The number of thioether (sulfide) groups is 1. The Hall–Kier alpha value is -2.08. The van der Waals surface area contributed by atoms with Gasteiger partial charge in [-0.1, -0.05) is 48.5 Å². The van der Waals surface area contributed by atoms with Crippen LogP contribution in [0.15, 0.2) is 71.1 Å². The first-order valence-corrected chi connectivity index (χ1v) is 9.04. The second-order valence-corrected chi connectivity index (χ2v) is 6.36. The predicted molar refractivity (Wildman–Crippen MR) is 105 cm³/mol. The number of hydrogen-bond acceptors (Lipinski definition) is 5. The van der Waals surface area contributed by atoms with Crippen LogP contribution in [0.5, 0.6) is 0 Å². The van der Waals surface area contributed by atoms with E-state index in [2.05, 4.69) is 62.8 Å². The van der Waals surface area contributed by atoms with E-state index in [1.165, 1.54) is 5.69 Å². The largest absolute Gasteiger partial charge is 0.356 e. The summed E-state index contributed by atoms with van der Waals surface area (Å²) in [4.78, 5) is 6.49. The molecule has 0 aromatic heterocycles. The van der Waals surface area contributed by atoms with Crippen molar-refractivity contribution in [3.63, 3.8) is 0 Å². The van der Waals surface area contributed by atoms with E-state index >= 15 is 0 Å². The summed E-state index contributed by atoms with van der Waals surface area (Å²) in [6.45, 7) is 6.63. The molecule has 2 aromatic carbocycles. The number of hydrazine groups is 1. The third-order valence-electron chi connectivity index (χ3n) is 3.91. The average molecular weight is 338 g/mol. The van der Waals surface area contributed by atoms with Gasteiger partial charge >= 0.3 is 0 Å². The standard InChI is InChI=1S/C19H22N4S/c1-20-19(17-8-4-2-5-9-17)14-24-15-21-23-13-12-22(16-23)18-10-6-3-7-11-18/h2-11,14,21H,1,12-13,15-16H2/b19-14-. The van der Waals surface area contributed by atoms with Crippen LogP contribution >= 0.6 is 11.8 Å². The maximum Gasteiger partial charge on any atom is 0.0840 e. The van der Waals surface area contributed by atoms with E-state index in [0.717, 1.165) is 36.9 Å². The molecule has 3 rings (SSSR count). The van der Waals surface area contributed by atoms with Crippen LogP contribution in [0, 0.1) is 0 Å².